The van der Waals surface area contributed by atoms with Crippen LogP contribution in [0, 0.1) is 11.3 Å². The van der Waals surface area contributed by atoms with Crippen molar-refractivity contribution in [2.75, 3.05) is 6.54 Å². The lowest BCUT2D eigenvalue weighted by molar-refractivity contribution is 0.279. The molecule has 18 heavy (non-hydrogen) atoms. The van der Waals surface area contributed by atoms with E-state index in [-0.39, 0.29) is 5.41 Å². The average Bonchev–Trinajstić information content (AvgIpc) is 3.18. The minimum absolute atomic E-state index is 0.219. The number of aryl methyl sites for hydroxylation is 1. The lowest BCUT2D eigenvalue weighted by Crippen LogP contribution is -2.32. The quantitative estimate of drug-likeness (QED) is 0.896. The van der Waals surface area contributed by atoms with Gasteiger partial charge in [-0.15, -0.1) is 0 Å². The van der Waals surface area contributed by atoms with Crippen molar-refractivity contribution in [1.82, 2.24) is 9.78 Å². The number of benzene rings is 1. The van der Waals surface area contributed by atoms with E-state index in [9.17, 15) is 0 Å². The Morgan fingerprint density at radius 1 is 1.39 bits per heavy atom. The maximum atomic E-state index is 6.01. The van der Waals surface area contributed by atoms with Gasteiger partial charge in [-0.05, 0) is 43.2 Å². The van der Waals surface area contributed by atoms with Gasteiger partial charge in [-0.2, -0.15) is 5.10 Å². The number of nitrogens with two attached hydrogens (primary N) is 1. The van der Waals surface area contributed by atoms with E-state index < -0.39 is 0 Å². The molecule has 2 N–H and O–H groups in total. The Hall–Kier alpha value is -1.35. The second kappa shape index (κ2) is 4.09. The summed E-state index contributed by atoms with van der Waals surface area (Å²) >= 11 is 0. The maximum Gasteiger partial charge on any atom is 0.0709 e. The Morgan fingerprint density at radius 2 is 2.11 bits per heavy atom. The van der Waals surface area contributed by atoms with Crippen molar-refractivity contribution < 1.29 is 0 Å². The van der Waals surface area contributed by atoms with Gasteiger partial charge >= 0.3 is 0 Å². The minimum atomic E-state index is 0.219. The van der Waals surface area contributed by atoms with Gasteiger partial charge in [0.15, 0.2) is 0 Å². The Morgan fingerprint density at radius 3 is 2.78 bits per heavy atom. The molecule has 3 heteroatoms. The van der Waals surface area contributed by atoms with Crippen LogP contribution in [0.25, 0.3) is 10.9 Å². The third kappa shape index (κ3) is 1.83. The largest absolute Gasteiger partial charge is 0.330 e. The van der Waals surface area contributed by atoms with Crippen molar-refractivity contribution in [2.24, 2.45) is 24.1 Å². The van der Waals surface area contributed by atoms with Crippen LogP contribution in [0.5, 0.6) is 0 Å². The van der Waals surface area contributed by atoms with Gasteiger partial charge in [0.25, 0.3) is 0 Å². The molecule has 1 fully saturated rings. The van der Waals surface area contributed by atoms with E-state index in [1.54, 1.807) is 0 Å². The molecule has 0 amide bonds. The van der Waals surface area contributed by atoms with Gasteiger partial charge in [0, 0.05) is 12.4 Å². The maximum absolute atomic E-state index is 6.01. The summed E-state index contributed by atoms with van der Waals surface area (Å²) in [5, 5.41) is 5.97. The van der Waals surface area contributed by atoms with Gasteiger partial charge < -0.3 is 5.73 Å². The van der Waals surface area contributed by atoms with Crippen LogP contribution in [0.1, 0.15) is 25.5 Å². The predicted octanol–water partition coefficient (Wildman–Crippen LogP) is 2.49. The van der Waals surface area contributed by atoms with Crippen LogP contribution in [-0.4, -0.2) is 16.3 Å². The van der Waals surface area contributed by atoms with Crippen LogP contribution >= 0.6 is 0 Å². The van der Waals surface area contributed by atoms with Crippen molar-refractivity contribution >= 4 is 10.9 Å². The van der Waals surface area contributed by atoms with Crippen LogP contribution in [0.15, 0.2) is 24.3 Å². The van der Waals surface area contributed by atoms with E-state index in [0.29, 0.717) is 0 Å². The monoisotopic (exact) mass is 243 g/mol. The van der Waals surface area contributed by atoms with Crippen molar-refractivity contribution in [2.45, 2.75) is 26.2 Å². The van der Waals surface area contributed by atoms with E-state index >= 15 is 0 Å². The first-order chi connectivity index (χ1) is 8.64. The second-order valence-electron chi connectivity index (χ2n) is 5.90. The SMILES string of the molecule is Cn1nc(CC(C)(CN)C2CC2)c2ccccc21. The smallest absolute Gasteiger partial charge is 0.0709 e. The molecule has 96 valence electrons. The zero-order valence-corrected chi connectivity index (χ0v) is 11.2. The molecule has 2 aromatic rings. The third-order valence-electron chi connectivity index (χ3n) is 4.43. The second-order valence-corrected chi connectivity index (χ2v) is 5.90. The highest BCUT2D eigenvalue weighted by Crippen LogP contribution is 2.47. The number of rotatable bonds is 4. The summed E-state index contributed by atoms with van der Waals surface area (Å²) in [6.45, 7) is 3.07. The van der Waals surface area contributed by atoms with Gasteiger partial charge in [-0.1, -0.05) is 25.1 Å². The fourth-order valence-corrected chi connectivity index (χ4v) is 2.97. The van der Waals surface area contributed by atoms with E-state index in [4.69, 9.17) is 10.8 Å². The van der Waals surface area contributed by atoms with Gasteiger partial charge in [-0.3, -0.25) is 4.68 Å². The minimum Gasteiger partial charge on any atom is -0.330 e. The van der Waals surface area contributed by atoms with Gasteiger partial charge in [-0.25, -0.2) is 0 Å². The molecule has 3 rings (SSSR count). The predicted molar refractivity (Wildman–Crippen MR) is 74.3 cm³/mol. The Labute approximate surface area is 108 Å². The summed E-state index contributed by atoms with van der Waals surface area (Å²) in [7, 11) is 2.02. The first-order valence-electron chi connectivity index (χ1n) is 6.75. The number of fused-ring (bicyclic) bond motifs is 1. The summed E-state index contributed by atoms with van der Waals surface area (Å²) in [4.78, 5) is 0. The number of hydrogen-bond acceptors (Lipinski definition) is 2. The molecule has 1 aliphatic rings. The van der Waals surface area contributed by atoms with Crippen molar-refractivity contribution in [1.29, 1.82) is 0 Å². The molecule has 1 unspecified atom stereocenters. The highest BCUT2D eigenvalue weighted by molar-refractivity contribution is 5.81. The van der Waals surface area contributed by atoms with E-state index in [1.807, 2.05) is 11.7 Å². The Balaban J connectivity index is 1.99. The zero-order chi connectivity index (χ0) is 12.8. The van der Waals surface area contributed by atoms with Crippen LogP contribution in [0.3, 0.4) is 0 Å². The third-order valence-corrected chi connectivity index (χ3v) is 4.43. The van der Waals surface area contributed by atoms with Crippen LogP contribution < -0.4 is 5.73 Å². The van der Waals surface area contributed by atoms with Crippen molar-refractivity contribution in [3.05, 3.63) is 30.0 Å². The summed E-state index contributed by atoms with van der Waals surface area (Å²) in [5.41, 5.74) is 8.64. The van der Waals surface area contributed by atoms with Gasteiger partial charge in [0.2, 0.25) is 0 Å². The molecule has 0 radical (unpaired) electrons. The number of hydrogen-bond donors (Lipinski definition) is 1. The van der Waals surface area contributed by atoms with Crippen LogP contribution in [0.4, 0.5) is 0 Å². The normalized spacial score (nSPS) is 19.1. The average molecular weight is 243 g/mol. The van der Waals surface area contributed by atoms with Gasteiger partial charge in [0.05, 0.1) is 11.2 Å². The van der Waals surface area contributed by atoms with E-state index in [2.05, 4.69) is 31.2 Å². The molecule has 3 nitrogen and oxygen atoms in total. The van der Waals surface area contributed by atoms with E-state index in [0.717, 1.165) is 18.9 Å². The number of aromatic nitrogens is 2. The van der Waals surface area contributed by atoms with Crippen molar-refractivity contribution in [3.63, 3.8) is 0 Å². The summed E-state index contributed by atoms with van der Waals surface area (Å²) in [6.07, 6.45) is 3.66. The molecule has 1 atom stereocenters. The van der Waals surface area contributed by atoms with Gasteiger partial charge in [0.1, 0.15) is 0 Å². The molecule has 1 heterocycles. The standard InChI is InChI=1S/C15H21N3/c1-15(10-16,11-7-8-11)9-13-12-5-3-4-6-14(12)18(2)17-13/h3-6,11H,7-10,16H2,1-2H3. The molecule has 1 aromatic carbocycles. The molecule has 0 aliphatic heterocycles. The lowest BCUT2D eigenvalue weighted by atomic mass is 9.80. The first-order valence-corrected chi connectivity index (χ1v) is 6.75. The van der Waals surface area contributed by atoms with Crippen LogP contribution in [0.2, 0.25) is 0 Å². The molecule has 0 bridgehead atoms. The molecule has 1 aromatic heterocycles. The first kappa shape index (κ1) is 11.7. The molecule has 0 saturated heterocycles. The Bertz CT molecular complexity index is 568. The molecule has 1 aliphatic carbocycles. The highest BCUT2D eigenvalue weighted by atomic mass is 15.3. The lowest BCUT2D eigenvalue weighted by Gasteiger charge is -2.27. The van der Waals surface area contributed by atoms with Crippen LogP contribution in [-0.2, 0) is 13.5 Å². The summed E-state index contributed by atoms with van der Waals surface area (Å²) in [6, 6.07) is 8.45. The fraction of sp³-hybridized carbons (Fsp3) is 0.533. The molecule has 0 spiro atoms. The molecule has 1 saturated carbocycles. The number of para-hydroxylation sites is 1. The van der Waals surface area contributed by atoms with E-state index in [1.165, 1.54) is 29.4 Å². The fourth-order valence-electron chi connectivity index (χ4n) is 2.97. The Kier molecular flexibility index (Phi) is 2.67. The topological polar surface area (TPSA) is 43.8 Å². The molecular weight excluding hydrogens is 222 g/mol. The molecular formula is C15H21N3. The number of nitrogens with zero attached hydrogens (tertiary/aromatic N) is 2. The summed E-state index contributed by atoms with van der Waals surface area (Å²) < 4.78 is 1.98. The van der Waals surface area contributed by atoms with Crippen molar-refractivity contribution in [3.8, 4) is 0 Å². The highest BCUT2D eigenvalue weighted by Gasteiger charge is 2.41. The summed E-state index contributed by atoms with van der Waals surface area (Å²) in [5.74, 6) is 0.795. The zero-order valence-electron chi connectivity index (χ0n) is 11.2.